The van der Waals surface area contributed by atoms with Crippen LogP contribution in [-0.4, -0.2) is 23.3 Å². The van der Waals surface area contributed by atoms with Crippen LogP contribution in [0, 0.1) is 45.8 Å². The first kappa shape index (κ1) is 26.0. The van der Waals surface area contributed by atoms with Gasteiger partial charge in [-0.3, -0.25) is 4.79 Å². The Morgan fingerprint density at radius 1 is 0.912 bits per heavy atom. The molecule has 4 saturated carbocycles. The van der Waals surface area contributed by atoms with Crippen LogP contribution in [0.1, 0.15) is 106 Å². The van der Waals surface area contributed by atoms with E-state index < -0.39 is 6.10 Å². The highest BCUT2D eigenvalue weighted by Gasteiger charge is 2.64. The predicted molar refractivity (Wildman–Crippen MR) is 139 cm³/mol. The second kappa shape index (κ2) is 9.09. The summed E-state index contributed by atoms with van der Waals surface area (Å²) >= 11 is 0. The number of ether oxygens (including phenoxy) is 1. The van der Waals surface area contributed by atoms with Crippen molar-refractivity contribution in [2.75, 3.05) is 0 Å². The van der Waals surface area contributed by atoms with Crippen LogP contribution in [0.2, 0.25) is 0 Å². The van der Waals surface area contributed by atoms with Crippen molar-refractivity contribution in [3.05, 3.63) is 24.3 Å². The van der Waals surface area contributed by atoms with Crippen molar-refractivity contribution in [1.82, 2.24) is 0 Å². The molecule has 34 heavy (non-hydrogen) atoms. The van der Waals surface area contributed by atoms with Gasteiger partial charge in [-0.1, -0.05) is 52.0 Å². The lowest BCUT2D eigenvalue weighted by molar-refractivity contribution is -0.198. The van der Waals surface area contributed by atoms with Crippen molar-refractivity contribution < 1.29 is 14.6 Å². The molecule has 0 amide bonds. The van der Waals surface area contributed by atoms with E-state index >= 15 is 0 Å². The molecule has 4 rings (SSSR count). The molecule has 9 atom stereocenters. The van der Waals surface area contributed by atoms with Crippen molar-refractivity contribution in [2.45, 2.75) is 118 Å². The third kappa shape index (κ3) is 4.12. The van der Waals surface area contributed by atoms with Gasteiger partial charge in [-0.2, -0.15) is 0 Å². The molecular formula is C31H50O3. The highest BCUT2D eigenvalue weighted by molar-refractivity contribution is 5.66. The maximum Gasteiger partial charge on any atom is 0.302 e. The summed E-state index contributed by atoms with van der Waals surface area (Å²) in [7, 11) is 0. The van der Waals surface area contributed by atoms with Gasteiger partial charge in [0.05, 0.1) is 6.10 Å². The minimum Gasteiger partial charge on any atom is -0.462 e. The molecule has 4 aliphatic rings. The first-order valence-corrected chi connectivity index (χ1v) is 14.0. The van der Waals surface area contributed by atoms with Crippen LogP contribution in [-0.2, 0) is 9.53 Å². The summed E-state index contributed by atoms with van der Waals surface area (Å²) in [6.07, 6.45) is 11.4. The Bertz CT molecular complexity index is 827. The number of allylic oxidation sites excluding steroid dienone is 1. The summed E-state index contributed by atoms with van der Waals surface area (Å²) in [5.41, 5.74) is 3.03. The van der Waals surface area contributed by atoms with Gasteiger partial charge in [0.25, 0.3) is 0 Å². The zero-order valence-corrected chi connectivity index (χ0v) is 22.8. The molecule has 0 bridgehead atoms. The number of esters is 1. The Morgan fingerprint density at radius 3 is 2.15 bits per heavy atom. The van der Waals surface area contributed by atoms with E-state index in [-0.39, 0.29) is 17.5 Å². The van der Waals surface area contributed by atoms with Gasteiger partial charge in [0.2, 0.25) is 0 Å². The van der Waals surface area contributed by atoms with E-state index in [0.29, 0.717) is 22.7 Å². The lowest BCUT2D eigenvalue weighted by Crippen LogP contribution is -2.60. The SMILES string of the molecule is C=C(C)[C@H](O)CCC(=C)[C@H]1CC[C@@]2(C)[C@@H]1CC[C@H]1[C@H]2CC[C@H]2C(C)(C)[C@H](OC(C)=O)CC[C@]12C. The van der Waals surface area contributed by atoms with E-state index in [0.717, 1.165) is 42.6 Å². The summed E-state index contributed by atoms with van der Waals surface area (Å²) in [6.45, 7) is 21.9. The van der Waals surface area contributed by atoms with Crippen LogP contribution in [0.15, 0.2) is 24.3 Å². The van der Waals surface area contributed by atoms with Crippen LogP contribution < -0.4 is 0 Å². The zero-order valence-electron chi connectivity index (χ0n) is 22.8. The molecule has 4 fully saturated rings. The molecule has 4 aliphatic carbocycles. The minimum atomic E-state index is -0.402. The molecular weight excluding hydrogens is 420 g/mol. The smallest absolute Gasteiger partial charge is 0.302 e. The topological polar surface area (TPSA) is 46.5 Å². The maximum absolute atomic E-state index is 11.8. The Balaban J connectivity index is 1.50. The summed E-state index contributed by atoms with van der Waals surface area (Å²) in [5.74, 6) is 3.43. The van der Waals surface area contributed by atoms with Gasteiger partial charge in [0.15, 0.2) is 0 Å². The van der Waals surface area contributed by atoms with E-state index in [1.54, 1.807) is 6.92 Å². The Hall–Kier alpha value is -1.09. The molecule has 0 radical (unpaired) electrons. The number of aliphatic hydroxyl groups is 1. The van der Waals surface area contributed by atoms with E-state index in [9.17, 15) is 9.90 Å². The van der Waals surface area contributed by atoms with E-state index in [2.05, 4.69) is 40.9 Å². The summed E-state index contributed by atoms with van der Waals surface area (Å²) in [4.78, 5) is 11.8. The van der Waals surface area contributed by atoms with Crippen molar-refractivity contribution in [1.29, 1.82) is 0 Å². The largest absolute Gasteiger partial charge is 0.462 e. The van der Waals surface area contributed by atoms with Crippen LogP contribution >= 0.6 is 0 Å². The molecule has 0 heterocycles. The Kier molecular flexibility index (Phi) is 6.95. The van der Waals surface area contributed by atoms with Crippen molar-refractivity contribution in [3.8, 4) is 0 Å². The molecule has 0 spiro atoms. The number of aliphatic hydroxyl groups excluding tert-OH is 1. The second-order valence-corrected chi connectivity index (χ2v) is 13.7. The molecule has 3 heteroatoms. The first-order chi connectivity index (χ1) is 15.8. The van der Waals surface area contributed by atoms with Crippen LogP contribution in [0.3, 0.4) is 0 Å². The second-order valence-electron chi connectivity index (χ2n) is 13.7. The first-order valence-electron chi connectivity index (χ1n) is 14.0. The fourth-order valence-corrected chi connectivity index (χ4v) is 9.85. The van der Waals surface area contributed by atoms with Gasteiger partial charge >= 0.3 is 5.97 Å². The number of carbonyl (C=O) groups is 1. The number of hydrogen-bond donors (Lipinski definition) is 1. The zero-order chi connectivity index (χ0) is 25.1. The van der Waals surface area contributed by atoms with E-state index in [4.69, 9.17) is 4.74 Å². The van der Waals surface area contributed by atoms with Gasteiger partial charge in [0, 0.05) is 12.3 Å². The van der Waals surface area contributed by atoms with Crippen molar-refractivity contribution in [3.63, 3.8) is 0 Å². The monoisotopic (exact) mass is 470 g/mol. The molecule has 0 aromatic heterocycles. The van der Waals surface area contributed by atoms with Crippen LogP contribution in [0.5, 0.6) is 0 Å². The predicted octanol–water partition coefficient (Wildman–Crippen LogP) is 7.49. The summed E-state index contributed by atoms with van der Waals surface area (Å²) in [6, 6.07) is 0. The quantitative estimate of drug-likeness (QED) is 0.323. The van der Waals surface area contributed by atoms with Gasteiger partial charge in [0.1, 0.15) is 6.10 Å². The third-order valence-corrected chi connectivity index (χ3v) is 11.7. The van der Waals surface area contributed by atoms with Crippen molar-refractivity contribution in [2.24, 2.45) is 45.8 Å². The lowest BCUT2D eigenvalue weighted by atomic mass is 9.40. The molecule has 192 valence electrons. The normalized spacial score (nSPS) is 43.7. The molecule has 1 N–H and O–H groups in total. The number of rotatable bonds is 6. The average molecular weight is 471 g/mol. The highest BCUT2D eigenvalue weighted by atomic mass is 16.5. The van der Waals surface area contributed by atoms with Crippen LogP contribution in [0.25, 0.3) is 0 Å². The molecule has 3 nitrogen and oxygen atoms in total. The standard InChI is InChI=1S/C31H50O3/c1-19(2)26(33)13-9-20(3)22-15-17-30(7)23(22)10-11-25-24(30)12-14-27-29(5,6)28(34-21(4)32)16-18-31(25,27)8/h22-28,33H,1,3,9-18H2,2,4-8H3/t22-,23-,24-,25+,26-,27+,28-,30+,31-/m1/s1. The minimum absolute atomic E-state index is 0.0397. The number of fused-ring (bicyclic) bond motifs is 5. The fourth-order valence-electron chi connectivity index (χ4n) is 9.85. The van der Waals surface area contributed by atoms with E-state index in [1.807, 2.05) is 6.92 Å². The van der Waals surface area contributed by atoms with Crippen molar-refractivity contribution >= 4 is 5.97 Å². The molecule has 0 aromatic rings. The Labute approximate surface area is 208 Å². The molecule has 0 aliphatic heterocycles. The lowest BCUT2D eigenvalue weighted by Gasteiger charge is -2.65. The molecule has 0 saturated heterocycles. The maximum atomic E-state index is 11.8. The molecule has 0 aromatic carbocycles. The van der Waals surface area contributed by atoms with E-state index in [1.165, 1.54) is 50.5 Å². The number of hydrogen-bond acceptors (Lipinski definition) is 3. The Morgan fingerprint density at radius 2 is 1.50 bits per heavy atom. The van der Waals surface area contributed by atoms with Crippen LogP contribution in [0.4, 0.5) is 0 Å². The third-order valence-electron chi connectivity index (χ3n) is 11.7. The van der Waals surface area contributed by atoms with Gasteiger partial charge < -0.3 is 9.84 Å². The highest BCUT2D eigenvalue weighted by Crippen LogP contribution is 2.71. The molecule has 0 unspecified atom stereocenters. The summed E-state index contributed by atoms with van der Waals surface area (Å²) < 4.78 is 5.85. The number of carbonyl (C=O) groups excluding carboxylic acids is 1. The van der Waals surface area contributed by atoms with Gasteiger partial charge in [-0.15, -0.1) is 0 Å². The average Bonchev–Trinajstić information content (AvgIpc) is 3.11. The van der Waals surface area contributed by atoms with Gasteiger partial charge in [-0.25, -0.2) is 0 Å². The summed E-state index contributed by atoms with van der Waals surface area (Å²) in [5, 5.41) is 10.2. The van der Waals surface area contributed by atoms with Gasteiger partial charge in [-0.05, 0) is 112 Å². The fraction of sp³-hybridized carbons (Fsp3) is 0.839.